The number of aliphatic hydroxyl groups is 1. The van der Waals surface area contributed by atoms with Crippen LogP contribution in [0, 0.1) is 23.7 Å². The lowest BCUT2D eigenvalue weighted by molar-refractivity contribution is 0.0459. The van der Waals surface area contributed by atoms with E-state index in [9.17, 15) is 18.3 Å². The Hall–Kier alpha value is -2.55. The van der Waals surface area contributed by atoms with E-state index in [0.29, 0.717) is 30.5 Å². The summed E-state index contributed by atoms with van der Waals surface area (Å²) in [6.07, 6.45) is 7.02. The van der Waals surface area contributed by atoms with Crippen molar-refractivity contribution in [3.8, 4) is 5.75 Å². The Morgan fingerprint density at radius 3 is 2.57 bits per heavy atom. The Labute approximate surface area is 255 Å². The molecule has 1 aliphatic carbocycles. The van der Waals surface area contributed by atoms with Gasteiger partial charge in [-0.2, -0.15) is 0 Å². The largest absolute Gasteiger partial charge is 0.491 e. The zero-order chi connectivity index (χ0) is 30.2. The number of fused-ring (bicyclic) bond motifs is 2. The maximum atomic E-state index is 13.3. The normalized spacial score (nSPS) is 32.0. The summed E-state index contributed by atoms with van der Waals surface area (Å²) in [5.41, 5.74) is 3.46. The number of anilines is 1. The molecule has 1 saturated carbocycles. The molecule has 2 aromatic carbocycles. The molecule has 42 heavy (non-hydrogen) atoms. The molecule has 7 atom stereocenters. The van der Waals surface area contributed by atoms with Crippen molar-refractivity contribution in [3.05, 3.63) is 70.3 Å². The molecular formula is C33H43ClN2O5S. The Bertz CT molecular complexity index is 1440. The van der Waals surface area contributed by atoms with Crippen molar-refractivity contribution in [2.24, 2.45) is 23.7 Å². The van der Waals surface area contributed by atoms with Gasteiger partial charge in [-0.15, -0.1) is 0 Å². The number of benzene rings is 2. The molecule has 0 aromatic heterocycles. The van der Waals surface area contributed by atoms with Gasteiger partial charge in [0.2, 0.25) is 10.0 Å². The third-order valence-corrected chi connectivity index (χ3v) is 11.9. The molecule has 5 rings (SSSR count). The van der Waals surface area contributed by atoms with Gasteiger partial charge in [-0.1, -0.05) is 57.0 Å². The molecule has 0 spiro atoms. The Kier molecular flexibility index (Phi) is 9.26. The van der Waals surface area contributed by atoms with E-state index in [1.807, 2.05) is 38.1 Å². The van der Waals surface area contributed by atoms with E-state index >= 15 is 0 Å². The number of carbonyl (C=O) groups is 1. The average molecular weight is 615 g/mol. The number of hydrogen-bond acceptors (Lipinski definition) is 6. The summed E-state index contributed by atoms with van der Waals surface area (Å²) in [5.74, 6) is 0.103. The van der Waals surface area contributed by atoms with Gasteiger partial charge in [0.1, 0.15) is 5.75 Å². The molecule has 2 N–H and O–H groups in total. The fraction of sp³-hybridized carbons (Fsp3) is 0.545. The minimum atomic E-state index is -3.94. The molecule has 2 aromatic rings. The van der Waals surface area contributed by atoms with Crippen LogP contribution in [0.3, 0.4) is 0 Å². The molecular weight excluding hydrogens is 572 g/mol. The number of carbonyl (C=O) groups excluding carboxylic acids is 1. The van der Waals surface area contributed by atoms with Crippen LogP contribution in [-0.2, 0) is 16.4 Å². The van der Waals surface area contributed by atoms with Crippen molar-refractivity contribution in [2.75, 3.05) is 24.6 Å². The van der Waals surface area contributed by atoms with Crippen LogP contribution in [0.4, 0.5) is 5.69 Å². The maximum absolute atomic E-state index is 13.3. The number of nitrogens with one attached hydrogen (secondary N) is 1. The molecule has 0 radical (unpaired) electrons. The number of hydrogen-bond donors (Lipinski definition) is 2. The van der Waals surface area contributed by atoms with Crippen LogP contribution in [0.2, 0.25) is 5.02 Å². The van der Waals surface area contributed by atoms with Crippen LogP contribution in [0.25, 0.3) is 0 Å². The van der Waals surface area contributed by atoms with Crippen LogP contribution in [0.15, 0.2) is 48.6 Å². The van der Waals surface area contributed by atoms with Crippen molar-refractivity contribution in [2.45, 2.75) is 70.7 Å². The Balaban J connectivity index is 1.55. The van der Waals surface area contributed by atoms with E-state index in [2.05, 4.69) is 22.6 Å². The van der Waals surface area contributed by atoms with Crippen molar-refractivity contribution in [3.63, 3.8) is 0 Å². The fourth-order valence-electron chi connectivity index (χ4n) is 6.61. The van der Waals surface area contributed by atoms with Gasteiger partial charge in [-0.25, -0.2) is 13.1 Å². The molecule has 228 valence electrons. The fourth-order valence-corrected chi connectivity index (χ4v) is 8.18. The minimum Gasteiger partial charge on any atom is -0.491 e. The van der Waals surface area contributed by atoms with Gasteiger partial charge in [-0.05, 0) is 91.3 Å². The van der Waals surface area contributed by atoms with E-state index in [0.717, 1.165) is 31.4 Å². The van der Waals surface area contributed by atoms with Gasteiger partial charge in [-0.3, -0.25) is 4.79 Å². The number of aryl methyl sites for hydroxylation is 1. The molecule has 0 unspecified atom stereocenters. The highest BCUT2D eigenvalue weighted by Gasteiger charge is 2.39. The highest BCUT2D eigenvalue weighted by molar-refractivity contribution is 7.90. The SMILES string of the molecule is CCCc1cc(Cl)ccc1[C@@H]1COc2ccc3cc2N(C1)C[C@@H]1CC[C@H]1[C@H](O)/C=C/[C@H](C)[C@H](C)[C@@H](C)S(=O)(=O)NC3=O. The molecule has 9 heteroatoms. The first-order chi connectivity index (χ1) is 20.0. The summed E-state index contributed by atoms with van der Waals surface area (Å²) in [4.78, 5) is 15.6. The second-order valence-corrected chi connectivity index (χ2v) is 14.9. The highest BCUT2D eigenvalue weighted by atomic mass is 35.5. The quantitative estimate of drug-likeness (QED) is 0.415. The van der Waals surface area contributed by atoms with Crippen LogP contribution in [0.5, 0.6) is 5.75 Å². The van der Waals surface area contributed by atoms with Crippen molar-refractivity contribution >= 4 is 33.2 Å². The highest BCUT2D eigenvalue weighted by Crippen LogP contribution is 2.42. The van der Waals surface area contributed by atoms with E-state index < -0.39 is 27.3 Å². The van der Waals surface area contributed by atoms with Crippen LogP contribution >= 0.6 is 11.6 Å². The van der Waals surface area contributed by atoms with Crippen molar-refractivity contribution in [1.29, 1.82) is 0 Å². The molecule has 2 aliphatic heterocycles. The van der Waals surface area contributed by atoms with E-state index in [-0.39, 0.29) is 35.2 Å². The number of ether oxygens (including phenoxy) is 1. The summed E-state index contributed by atoms with van der Waals surface area (Å²) in [6, 6.07) is 11.2. The summed E-state index contributed by atoms with van der Waals surface area (Å²) < 4.78 is 35.2. The lowest BCUT2D eigenvalue weighted by Crippen LogP contribution is -2.44. The third kappa shape index (κ3) is 6.36. The van der Waals surface area contributed by atoms with Gasteiger partial charge in [0.15, 0.2) is 0 Å². The maximum Gasteiger partial charge on any atom is 0.264 e. The zero-order valence-electron chi connectivity index (χ0n) is 24.9. The zero-order valence-corrected chi connectivity index (χ0v) is 26.5. The summed E-state index contributed by atoms with van der Waals surface area (Å²) in [7, 11) is -3.94. The molecule has 1 amide bonds. The standard InChI is InChI=1S/C33H43ClN2O5S/c1-5-6-23-15-27(34)10-12-28(23)26-18-36-17-25-8-11-29(25)31(37)13-7-20(2)21(3)22(4)42(39,40)35-33(38)24-9-14-32(41-19-26)30(36)16-24/h7,9-10,12-16,20-22,25-26,29,31,37H,5-6,8,11,17-19H2,1-4H3,(H,35,38)/b13-7+/t20-,21-,22+,25-,26-,29+,31+/m0/s1. The lowest BCUT2D eigenvalue weighted by Gasteiger charge is -2.43. The summed E-state index contributed by atoms with van der Waals surface area (Å²) in [6.45, 7) is 9.43. The molecule has 7 nitrogen and oxygen atoms in total. The first-order valence-electron chi connectivity index (χ1n) is 15.2. The molecule has 2 bridgehead atoms. The molecule has 2 heterocycles. The number of amides is 1. The van der Waals surface area contributed by atoms with E-state index in [1.165, 1.54) is 11.1 Å². The first-order valence-corrected chi connectivity index (χ1v) is 17.1. The summed E-state index contributed by atoms with van der Waals surface area (Å²) >= 11 is 6.37. The van der Waals surface area contributed by atoms with Crippen molar-refractivity contribution in [1.82, 2.24) is 4.72 Å². The van der Waals surface area contributed by atoms with Crippen LogP contribution in [0.1, 0.15) is 74.4 Å². The number of sulfonamides is 1. The van der Waals surface area contributed by atoms with E-state index in [4.69, 9.17) is 16.3 Å². The predicted molar refractivity (Wildman–Crippen MR) is 168 cm³/mol. The second kappa shape index (κ2) is 12.6. The van der Waals surface area contributed by atoms with Gasteiger partial charge in [0.05, 0.1) is 23.6 Å². The first kappa shape index (κ1) is 30.9. The smallest absolute Gasteiger partial charge is 0.264 e. The van der Waals surface area contributed by atoms with Gasteiger partial charge in [0, 0.05) is 29.6 Å². The monoisotopic (exact) mass is 614 g/mol. The Morgan fingerprint density at radius 2 is 1.86 bits per heavy atom. The molecule has 0 saturated heterocycles. The number of rotatable bonds is 3. The molecule has 1 fully saturated rings. The van der Waals surface area contributed by atoms with Gasteiger partial charge in [0.25, 0.3) is 5.91 Å². The van der Waals surface area contributed by atoms with Gasteiger partial charge < -0.3 is 14.7 Å². The molecule has 3 aliphatic rings. The Morgan fingerprint density at radius 1 is 1.07 bits per heavy atom. The van der Waals surface area contributed by atoms with Crippen LogP contribution < -0.4 is 14.4 Å². The average Bonchev–Trinajstić information content (AvgIpc) is 3.11. The van der Waals surface area contributed by atoms with Crippen molar-refractivity contribution < 1.29 is 23.1 Å². The third-order valence-electron chi connectivity index (χ3n) is 9.78. The predicted octanol–water partition coefficient (Wildman–Crippen LogP) is 5.95. The lowest BCUT2D eigenvalue weighted by atomic mass is 9.70. The number of nitrogens with zero attached hydrogens (tertiary/aromatic N) is 1. The number of halogens is 1. The number of aliphatic hydroxyl groups excluding tert-OH is 1. The minimum absolute atomic E-state index is 0.0611. The topological polar surface area (TPSA) is 95.9 Å². The number of allylic oxidation sites excluding steroid dienone is 1. The second-order valence-electron chi connectivity index (χ2n) is 12.5. The van der Waals surface area contributed by atoms with Crippen LogP contribution in [-0.4, -0.2) is 50.5 Å². The van der Waals surface area contributed by atoms with E-state index in [1.54, 1.807) is 25.1 Å². The van der Waals surface area contributed by atoms with Gasteiger partial charge >= 0.3 is 0 Å². The summed E-state index contributed by atoms with van der Waals surface area (Å²) in [5, 5.41) is 11.1.